The summed E-state index contributed by atoms with van der Waals surface area (Å²) in [6.07, 6.45) is 10.6. The maximum atomic E-state index is 11.7. The molecule has 0 aromatic carbocycles. The Bertz CT molecular complexity index is 380. The van der Waals surface area contributed by atoms with Crippen molar-refractivity contribution in [2.24, 2.45) is 5.92 Å². The molecule has 124 valence electrons. The van der Waals surface area contributed by atoms with Crippen LogP contribution in [0.15, 0.2) is 0 Å². The molecule has 0 aromatic rings. The molecule has 0 spiro atoms. The Balaban J connectivity index is 1.48. The smallest absolute Gasteiger partial charge is 0.246 e. The predicted octanol–water partition coefficient (Wildman–Crippen LogP) is 2.66. The van der Waals surface area contributed by atoms with E-state index in [9.17, 15) is 4.79 Å². The molecule has 2 aliphatic carbocycles. The van der Waals surface area contributed by atoms with Crippen LogP contribution in [0.25, 0.3) is 0 Å². The Morgan fingerprint density at radius 3 is 2.77 bits per heavy atom. The van der Waals surface area contributed by atoms with Crippen LogP contribution < -0.4 is 5.32 Å². The van der Waals surface area contributed by atoms with Crippen molar-refractivity contribution < 1.29 is 14.3 Å². The molecular formula is C18H29NO3. The highest BCUT2D eigenvalue weighted by Crippen LogP contribution is 2.24. The van der Waals surface area contributed by atoms with Crippen LogP contribution in [-0.2, 0) is 14.3 Å². The molecule has 1 amide bonds. The fraction of sp³-hybridized carbons (Fsp3) is 0.833. The number of carbonyl (C=O) groups is 1. The number of hydrogen-bond donors (Lipinski definition) is 1. The highest BCUT2D eigenvalue weighted by Gasteiger charge is 2.14. The van der Waals surface area contributed by atoms with Crippen molar-refractivity contribution in [3.63, 3.8) is 0 Å². The summed E-state index contributed by atoms with van der Waals surface area (Å²) in [5.41, 5.74) is 0. The summed E-state index contributed by atoms with van der Waals surface area (Å²) in [6, 6.07) is 0. The number of rotatable bonds is 8. The van der Waals surface area contributed by atoms with Crippen molar-refractivity contribution in [1.82, 2.24) is 5.32 Å². The Morgan fingerprint density at radius 1 is 1.09 bits per heavy atom. The third-order valence-electron chi connectivity index (χ3n) is 4.34. The zero-order valence-electron chi connectivity index (χ0n) is 13.6. The Morgan fingerprint density at radius 2 is 1.91 bits per heavy atom. The quantitative estimate of drug-likeness (QED) is 0.554. The predicted molar refractivity (Wildman–Crippen MR) is 86.4 cm³/mol. The summed E-state index contributed by atoms with van der Waals surface area (Å²) in [5.74, 6) is 6.89. The second-order valence-corrected chi connectivity index (χ2v) is 6.30. The SMILES string of the molecule is O=C(COC1C#CCCCCC1)NCCOCC1CCCC1. The van der Waals surface area contributed by atoms with Gasteiger partial charge in [0.1, 0.15) is 12.7 Å². The van der Waals surface area contributed by atoms with Crippen molar-refractivity contribution in [3.05, 3.63) is 0 Å². The van der Waals surface area contributed by atoms with Crippen LogP contribution in [0.5, 0.6) is 0 Å². The number of carbonyl (C=O) groups excluding carboxylic acids is 1. The standard InChI is InChI=1S/C18H29NO3/c20-18(15-22-17-10-4-2-1-3-5-11-17)19-12-13-21-14-16-8-6-7-9-16/h16-17H,1-4,6-10,12-15H2,(H,19,20). The van der Waals surface area contributed by atoms with Gasteiger partial charge in [0.2, 0.25) is 5.91 Å². The number of nitrogens with one attached hydrogen (secondary N) is 1. The second kappa shape index (κ2) is 10.6. The van der Waals surface area contributed by atoms with Crippen LogP contribution in [0.2, 0.25) is 0 Å². The average Bonchev–Trinajstić information content (AvgIpc) is 2.99. The van der Waals surface area contributed by atoms with Crippen molar-refractivity contribution >= 4 is 5.91 Å². The van der Waals surface area contributed by atoms with Crippen LogP contribution in [-0.4, -0.2) is 38.4 Å². The normalized spacial score (nSPS) is 22.5. The third-order valence-corrected chi connectivity index (χ3v) is 4.34. The molecule has 1 saturated carbocycles. The van der Waals surface area contributed by atoms with Gasteiger partial charge in [-0.1, -0.05) is 25.2 Å². The highest BCUT2D eigenvalue weighted by molar-refractivity contribution is 5.77. The van der Waals surface area contributed by atoms with E-state index in [2.05, 4.69) is 17.2 Å². The van der Waals surface area contributed by atoms with E-state index in [-0.39, 0.29) is 18.6 Å². The minimum atomic E-state index is -0.0790. The molecular weight excluding hydrogens is 278 g/mol. The number of ether oxygens (including phenoxy) is 2. The van der Waals surface area contributed by atoms with Crippen LogP contribution in [0, 0.1) is 17.8 Å². The lowest BCUT2D eigenvalue weighted by atomic mass is 10.1. The molecule has 0 radical (unpaired) electrons. The van der Waals surface area contributed by atoms with Gasteiger partial charge in [-0.3, -0.25) is 4.79 Å². The van der Waals surface area contributed by atoms with Crippen LogP contribution in [0.1, 0.15) is 57.8 Å². The third kappa shape index (κ3) is 7.29. The fourth-order valence-corrected chi connectivity index (χ4v) is 3.02. The Kier molecular flexibility index (Phi) is 8.37. The monoisotopic (exact) mass is 307 g/mol. The fourth-order valence-electron chi connectivity index (χ4n) is 3.02. The van der Waals surface area contributed by atoms with Crippen molar-refractivity contribution in [3.8, 4) is 11.8 Å². The first-order valence-corrected chi connectivity index (χ1v) is 8.79. The van der Waals surface area contributed by atoms with Crippen LogP contribution in [0.4, 0.5) is 0 Å². The highest BCUT2D eigenvalue weighted by atomic mass is 16.5. The largest absolute Gasteiger partial charge is 0.379 e. The molecule has 1 unspecified atom stereocenters. The topological polar surface area (TPSA) is 47.6 Å². The molecule has 0 bridgehead atoms. The van der Waals surface area contributed by atoms with Crippen molar-refractivity contribution in [2.45, 2.75) is 63.9 Å². The summed E-state index contributed by atoms with van der Waals surface area (Å²) in [5, 5.41) is 2.84. The van der Waals surface area contributed by atoms with E-state index in [4.69, 9.17) is 9.47 Å². The lowest BCUT2D eigenvalue weighted by Gasteiger charge is -2.14. The van der Waals surface area contributed by atoms with E-state index in [0.29, 0.717) is 13.2 Å². The number of amides is 1. The summed E-state index contributed by atoms with van der Waals surface area (Å²) in [7, 11) is 0. The van der Waals surface area contributed by atoms with Gasteiger partial charge in [-0.05, 0) is 38.0 Å². The summed E-state index contributed by atoms with van der Waals surface area (Å²) in [4.78, 5) is 11.7. The van der Waals surface area contributed by atoms with Gasteiger partial charge in [0, 0.05) is 19.6 Å². The minimum Gasteiger partial charge on any atom is -0.379 e. The summed E-state index contributed by atoms with van der Waals surface area (Å²) >= 11 is 0. The second-order valence-electron chi connectivity index (χ2n) is 6.30. The van der Waals surface area contributed by atoms with Crippen LogP contribution >= 0.6 is 0 Å². The maximum absolute atomic E-state index is 11.7. The first kappa shape index (κ1) is 17.3. The summed E-state index contributed by atoms with van der Waals surface area (Å²) in [6.45, 7) is 2.09. The van der Waals surface area contributed by atoms with E-state index in [1.165, 1.54) is 38.5 Å². The summed E-state index contributed by atoms with van der Waals surface area (Å²) < 4.78 is 11.2. The molecule has 2 rings (SSSR count). The molecule has 0 heterocycles. The van der Waals surface area contributed by atoms with Crippen molar-refractivity contribution in [2.75, 3.05) is 26.4 Å². The Hall–Kier alpha value is -1.05. The van der Waals surface area contributed by atoms with Gasteiger partial charge in [0.15, 0.2) is 0 Å². The zero-order valence-corrected chi connectivity index (χ0v) is 13.6. The van der Waals surface area contributed by atoms with E-state index >= 15 is 0 Å². The molecule has 0 aliphatic heterocycles. The molecule has 4 nitrogen and oxygen atoms in total. The van der Waals surface area contributed by atoms with Gasteiger partial charge in [-0.15, -0.1) is 5.92 Å². The molecule has 1 N–H and O–H groups in total. The Labute approximate surface area is 134 Å². The maximum Gasteiger partial charge on any atom is 0.246 e. The van der Waals surface area contributed by atoms with E-state index in [1.54, 1.807) is 0 Å². The average molecular weight is 307 g/mol. The van der Waals surface area contributed by atoms with Gasteiger partial charge in [-0.25, -0.2) is 0 Å². The molecule has 22 heavy (non-hydrogen) atoms. The molecule has 2 aliphatic rings. The van der Waals surface area contributed by atoms with Gasteiger partial charge in [-0.2, -0.15) is 0 Å². The lowest BCUT2D eigenvalue weighted by Crippen LogP contribution is -2.32. The minimum absolute atomic E-state index is 0.0756. The van der Waals surface area contributed by atoms with Gasteiger partial charge < -0.3 is 14.8 Å². The molecule has 0 aromatic heterocycles. The van der Waals surface area contributed by atoms with Crippen LogP contribution in [0.3, 0.4) is 0 Å². The molecule has 1 atom stereocenters. The van der Waals surface area contributed by atoms with E-state index in [0.717, 1.165) is 31.8 Å². The van der Waals surface area contributed by atoms with Gasteiger partial charge >= 0.3 is 0 Å². The van der Waals surface area contributed by atoms with E-state index < -0.39 is 0 Å². The van der Waals surface area contributed by atoms with Crippen molar-refractivity contribution in [1.29, 1.82) is 0 Å². The first-order chi connectivity index (χ1) is 10.8. The molecule has 1 fully saturated rings. The first-order valence-electron chi connectivity index (χ1n) is 8.79. The zero-order chi connectivity index (χ0) is 15.5. The molecule has 0 saturated heterocycles. The van der Waals surface area contributed by atoms with Gasteiger partial charge in [0.25, 0.3) is 0 Å². The lowest BCUT2D eigenvalue weighted by molar-refractivity contribution is -0.127. The van der Waals surface area contributed by atoms with E-state index in [1.807, 2.05) is 0 Å². The number of hydrogen-bond acceptors (Lipinski definition) is 3. The molecule has 4 heteroatoms. The van der Waals surface area contributed by atoms with Gasteiger partial charge in [0.05, 0.1) is 6.61 Å².